The predicted molar refractivity (Wildman–Crippen MR) is 136 cm³/mol. The van der Waals surface area contributed by atoms with Crippen molar-refractivity contribution in [1.29, 1.82) is 0 Å². The van der Waals surface area contributed by atoms with E-state index in [-0.39, 0.29) is 34.6 Å². The smallest absolute Gasteiger partial charge is 0.355 e. The van der Waals surface area contributed by atoms with Gasteiger partial charge in [0.15, 0.2) is 21.0 Å². The Morgan fingerprint density at radius 2 is 1.68 bits per heavy atom. The third-order valence-electron chi connectivity index (χ3n) is 5.28. The molecule has 0 amide bonds. The van der Waals surface area contributed by atoms with Gasteiger partial charge < -0.3 is 19.2 Å². The quantitative estimate of drug-likeness (QED) is 0.256. The molecular weight excluding hydrogens is 518 g/mol. The van der Waals surface area contributed by atoms with Gasteiger partial charge in [0.05, 0.1) is 6.20 Å². The average Bonchev–Trinajstić information content (AvgIpc) is 3.41. The normalized spacial score (nSPS) is 11.4. The van der Waals surface area contributed by atoms with Crippen LogP contribution in [0.15, 0.2) is 84.0 Å². The minimum atomic E-state index is -3.49. The number of esters is 1. The molecule has 38 heavy (non-hydrogen) atoms. The molecule has 0 atom stereocenters. The van der Waals surface area contributed by atoms with Crippen LogP contribution in [0.25, 0.3) is 11.3 Å². The molecule has 0 saturated heterocycles. The molecule has 0 aliphatic heterocycles. The maximum Gasteiger partial charge on any atom is 0.355 e. The first kappa shape index (κ1) is 26.8. The minimum absolute atomic E-state index is 0.106. The number of H-pyrrole nitrogens is 1. The van der Waals surface area contributed by atoms with Crippen LogP contribution in [0.4, 0.5) is 8.78 Å². The Morgan fingerprint density at radius 3 is 2.34 bits per heavy atom. The van der Waals surface area contributed by atoms with E-state index in [4.69, 9.17) is 14.2 Å². The molecule has 2 heterocycles. The first-order valence-corrected chi connectivity index (χ1v) is 13.3. The van der Waals surface area contributed by atoms with Crippen LogP contribution in [-0.2, 0) is 21.2 Å². The van der Waals surface area contributed by atoms with Crippen molar-refractivity contribution in [3.05, 3.63) is 90.3 Å². The number of aromatic amines is 1. The number of pyridine rings is 1. The minimum Gasteiger partial charge on any atom is -0.485 e. The summed E-state index contributed by atoms with van der Waals surface area (Å²) < 4.78 is 66.1. The van der Waals surface area contributed by atoms with Crippen LogP contribution in [0.2, 0.25) is 0 Å². The molecule has 0 aliphatic carbocycles. The van der Waals surface area contributed by atoms with Gasteiger partial charge in [-0.1, -0.05) is 30.3 Å². The number of carbonyl (C=O) groups is 1. The molecule has 198 valence electrons. The number of halogens is 2. The van der Waals surface area contributed by atoms with E-state index in [9.17, 15) is 22.0 Å². The number of rotatable bonds is 11. The number of carbonyl (C=O) groups excluding carboxylic acids is 1. The number of nitrogens with one attached hydrogen (secondary N) is 1. The molecule has 8 nitrogen and oxygen atoms in total. The third kappa shape index (κ3) is 6.94. The van der Waals surface area contributed by atoms with Crippen molar-refractivity contribution in [2.45, 2.75) is 17.7 Å². The molecular formula is C27H24F2N2O6S. The van der Waals surface area contributed by atoms with Crippen molar-refractivity contribution in [2.75, 3.05) is 19.6 Å². The maximum absolute atomic E-state index is 13.1. The SMILES string of the molecule is CS(=O)(=O)c1ccc(Oc2cc(OC(CF)CF)cc(-c3ccc(C(=O)OCc4ccccc4)[nH]3)c2)cn1. The average molecular weight is 543 g/mol. The summed E-state index contributed by atoms with van der Waals surface area (Å²) in [6.07, 6.45) is 0.975. The Kier molecular flexibility index (Phi) is 8.37. The van der Waals surface area contributed by atoms with Gasteiger partial charge in [-0.15, -0.1) is 0 Å². The Hall–Kier alpha value is -4.25. The van der Waals surface area contributed by atoms with Crippen LogP contribution < -0.4 is 9.47 Å². The second-order valence-corrected chi connectivity index (χ2v) is 10.3. The molecule has 4 rings (SSSR count). The number of nitrogens with zero attached hydrogens (tertiary/aromatic N) is 1. The lowest BCUT2D eigenvalue weighted by molar-refractivity contribution is 0.0466. The number of aromatic nitrogens is 2. The monoisotopic (exact) mass is 542 g/mol. The van der Waals surface area contributed by atoms with E-state index in [2.05, 4.69) is 9.97 Å². The van der Waals surface area contributed by atoms with Crippen LogP contribution in [-0.4, -0.2) is 50.1 Å². The molecule has 0 radical (unpaired) electrons. The molecule has 0 spiro atoms. The fourth-order valence-corrected chi connectivity index (χ4v) is 3.98. The van der Waals surface area contributed by atoms with E-state index in [0.717, 1.165) is 11.8 Å². The number of hydrogen-bond donors (Lipinski definition) is 1. The van der Waals surface area contributed by atoms with Crippen molar-refractivity contribution in [3.8, 4) is 28.5 Å². The van der Waals surface area contributed by atoms with Crippen molar-refractivity contribution in [1.82, 2.24) is 9.97 Å². The number of sulfone groups is 1. The highest BCUT2D eigenvalue weighted by Gasteiger charge is 2.16. The molecule has 2 aromatic carbocycles. The highest BCUT2D eigenvalue weighted by Crippen LogP contribution is 2.33. The van der Waals surface area contributed by atoms with Crippen LogP contribution in [0, 0.1) is 0 Å². The highest BCUT2D eigenvalue weighted by atomic mass is 32.2. The lowest BCUT2D eigenvalue weighted by Gasteiger charge is -2.15. The van der Waals surface area contributed by atoms with Crippen LogP contribution in [0.3, 0.4) is 0 Å². The van der Waals surface area contributed by atoms with Crippen molar-refractivity contribution in [2.24, 2.45) is 0 Å². The van der Waals surface area contributed by atoms with E-state index in [1.54, 1.807) is 24.3 Å². The summed E-state index contributed by atoms with van der Waals surface area (Å²) in [7, 11) is -3.49. The summed E-state index contributed by atoms with van der Waals surface area (Å²) in [4.78, 5) is 19.4. The number of benzene rings is 2. The lowest BCUT2D eigenvalue weighted by Crippen LogP contribution is -2.21. The van der Waals surface area contributed by atoms with E-state index >= 15 is 0 Å². The largest absolute Gasteiger partial charge is 0.485 e. The first-order chi connectivity index (χ1) is 18.2. The number of hydrogen-bond acceptors (Lipinski definition) is 7. The van der Waals surface area contributed by atoms with Gasteiger partial charge in [-0.25, -0.2) is 27.0 Å². The molecule has 0 saturated carbocycles. The molecule has 11 heteroatoms. The van der Waals surface area contributed by atoms with Gasteiger partial charge in [-0.05, 0) is 42.0 Å². The highest BCUT2D eigenvalue weighted by molar-refractivity contribution is 7.90. The van der Waals surface area contributed by atoms with E-state index in [1.807, 2.05) is 30.3 Å². The van der Waals surface area contributed by atoms with Gasteiger partial charge in [0.1, 0.15) is 42.9 Å². The molecule has 4 aromatic rings. The predicted octanol–water partition coefficient (Wildman–Crippen LogP) is 5.32. The second-order valence-electron chi connectivity index (χ2n) is 8.30. The topological polar surface area (TPSA) is 108 Å². The van der Waals surface area contributed by atoms with Gasteiger partial charge in [0.2, 0.25) is 0 Å². The molecule has 0 bridgehead atoms. The standard InChI is InChI=1S/C27H24F2N2O6S/c1-38(33,34)26-10-7-20(16-30-26)36-21-11-19(12-22(13-21)37-23(14-28)15-29)24-8-9-25(31-24)27(32)35-17-18-5-3-2-4-6-18/h2-13,16,23,31H,14-15,17H2,1H3. The zero-order valence-corrected chi connectivity index (χ0v) is 21.1. The van der Waals surface area contributed by atoms with Gasteiger partial charge in [0, 0.05) is 23.6 Å². The fraction of sp³-hybridized carbons (Fsp3) is 0.185. The summed E-state index contributed by atoms with van der Waals surface area (Å²) in [5, 5.41) is -0.116. The van der Waals surface area contributed by atoms with Gasteiger partial charge in [-0.2, -0.15) is 0 Å². The summed E-state index contributed by atoms with van der Waals surface area (Å²) in [6.45, 7) is -1.96. The first-order valence-electron chi connectivity index (χ1n) is 11.4. The molecule has 0 aliphatic rings. The maximum atomic E-state index is 13.1. The summed E-state index contributed by atoms with van der Waals surface area (Å²) >= 11 is 0. The van der Waals surface area contributed by atoms with Crippen LogP contribution in [0.1, 0.15) is 16.1 Å². The summed E-state index contributed by atoms with van der Waals surface area (Å²) in [6, 6.07) is 19.7. The second kappa shape index (κ2) is 11.9. The van der Waals surface area contributed by atoms with Crippen molar-refractivity contribution in [3.63, 3.8) is 0 Å². The van der Waals surface area contributed by atoms with E-state index < -0.39 is 35.3 Å². The van der Waals surface area contributed by atoms with Gasteiger partial charge >= 0.3 is 5.97 Å². The Balaban J connectivity index is 1.58. The lowest BCUT2D eigenvalue weighted by atomic mass is 10.1. The third-order valence-corrected chi connectivity index (χ3v) is 6.28. The zero-order valence-electron chi connectivity index (χ0n) is 20.3. The molecule has 0 unspecified atom stereocenters. The van der Waals surface area contributed by atoms with Crippen molar-refractivity contribution >= 4 is 15.8 Å². The van der Waals surface area contributed by atoms with Gasteiger partial charge in [0.25, 0.3) is 0 Å². The zero-order chi connectivity index (χ0) is 27.1. The summed E-state index contributed by atoms with van der Waals surface area (Å²) in [5.41, 5.74) is 2.04. The molecule has 0 fully saturated rings. The number of alkyl halides is 2. The van der Waals surface area contributed by atoms with Crippen molar-refractivity contribution < 1.29 is 36.2 Å². The van der Waals surface area contributed by atoms with Gasteiger partial charge in [-0.3, -0.25) is 0 Å². The Morgan fingerprint density at radius 1 is 0.947 bits per heavy atom. The Bertz CT molecular complexity index is 1490. The Labute approximate surface area is 218 Å². The number of ether oxygens (including phenoxy) is 3. The van der Waals surface area contributed by atoms with Crippen LogP contribution in [0.5, 0.6) is 17.2 Å². The van der Waals surface area contributed by atoms with Crippen LogP contribution >= 0.6 is 0 Å². The van der Waals surface area contributed by atoms with E-state index in [0.29, 0.717) is 11.3 Å². The van der Waals surface area contributed by atoms with E-state index in [1.165, 1.54) is 24.4 Å². The summed E-state index contributed by atoms with van der Waals surface area (Å²) in [5.74, 6) is 0.0210. The molecule has 2 aromatic heterocycles. The molecule has 1 N–H and O–H groups in total. The fourth-order valence-electron chi connectivity index (χ4n) is 3.42.